The molecule has 0 aliphatic heterocycles. The van der Waals surface area contributed by atoms with Gasteiger partial charge in [0.25, 0.3) is 0 Å². The zero-order valence-corrected chi connectivity index (χ0v) is 12.7. The van der Waals surface area contributed by atoms with Crippen molar-refractivity contribution in [1.29, 1.82) is 0 Å². The summed E-state index contributed by atoms with van der Waals surface area (Å²) in [6.45, 7) is 1.82. The van der Waals surface area contributed by atoms with Crippen LogP contribution in [0.5, 0.6) is 0 Å². The maximum absolute atomic E-state index is 13.1. The number of carbonyl (C=O) groups excluding carboxylic acids is 1. The molecule has 0 radical (unpaired) electrons. The summed E-state index contributed by atoms with van der Waals surface area (Å²) in [6, 6.07) is 9.47. The van der Waals surface area contributed by atoms with E-state index in [2.05, 4.69) is 20.9 Å². The van der Waals surface area contributed by atoms with Crippen LogP contribution in [0.3, 0.4) is 0 Å². The molecule has 7 heteroatoms. The molecule has 1 aromatic carbocycles. The molecule has 2 aromatic rings. The molecule has 1 heterocycles. The Labute approximate surface area is 133 Å². The van der Waals surface area contributed by atoms with Crippen molar-refractivity contribution in [2.45, 2.75) is 13.5 Å². The summed E-state index contributed by atoms with van der Waals surface area (Å²) in [7, 11) is 0. The van der Waals surface area contributed by atoms with Crippen LogP contribution in [0, 0.1) is 5.82 Å². The lowest BCUT2D eigenvalue weighted by Gasteiger charge is -2.11. The van der Waals surface area contributed by atoms with Crippen molar-refractivity contribution in [2.24, 2.45) is 0 Å². The monoisotopic (exact) mass is 318 g/mol. The number of anilines is 2. The third-order valence-corrected chi connectivity index (χ3v) is 2.90. The second-order valence-corrected chi connectivity index (χ2v) is 4.94. The largest absolute Gasteiger partial charge is 0.357 e. The van der Waals surface area contributed by atoms with E-state index in [0.717, 1.165) is 5.69 Å². The Morgan fingerprint density at radius 2 is 2.00 bits per heavy atom. The van der Waals surface area contributed by atoms with Crippen molar-refractivity contribution in [2.75, 3.05) is 10.6 Å². The molecule has 0 aliphatic rings. The Bertz CT molecular complexity index is 693. The molecule has 0 spiro atoms. The van der Waals surface area contributed by atoms with E-state index in [4.69, 9.17) is 12.2 Å². The van der Waals surface area contributed by atoms with Crippen molar-refractivity contribution in [3.05, 3.63) is 54.1 Å². The summed E-state index contributed by atoms with van der Waals surface area (Å²) in [4.78, 5) is 15.2. The topological polar surface area (TPSA) is 66.0 Å². The fourth-order valence-electron chi connectivity index (χ4n) is 1.77. The van der Waals surface area contributed by atoms with Gasteiger partial charge in [0.05, 0.1) is 12.2 Å². The highest BCUT2D eigenvalue weighted by Gasteiger charge is 2.02. The normalized spacial score (nSPS) is 9.91. The van der Waals surface area contributed by atoms with Crippen LogP contribution in [-0.2, 0) is 11.3 Å². The number of nitrogens with one attached hydrogen (secondary N) is 3. The lowest BCUT2D eigenvalue weighted by Crippen LogP contribution is -2.28. The molecule has 1 aromatic heterocycles. The van der Waals surface area contributed by atoms with Crippen LogP contribution in [0.2, 0.25) is 0 Å². The number of thiocarbonyl (C=S) groups is 1. The molecule has 3 N–H and O–H groups in total. The van der Waals surface area contributed by atoms with Gasteiger partial charge in [0.1, 0.15) is 5.82 Å². The highest BCUT2D eigenvalue weighted by molar-refractivity contribution is 7.80. The van der Waals surface area contributed by atoms with Gasteiger partial charge < -0.3 is 16.0 Å². The van der Waals surface area contributed by atoms with E-state index >= 15 is 0 Å². The number of hydrogen-bond acceptors (Lipinski definition) is 3. The molecule has 0 bridgehead atoms. The van der Waals surface area contributed by atoms with Gasteiger partial charge in [0.15, 0.2) is 5.11 Å². The average Bonchev–Trinajstić information content (AvgIpc) is 2.45. The van der Waals surface area contributed by atoms with Crippen molar-refractivity contribution >= 4 is 34.6 Å². The Kier molecular flexibility index (Phi) is 5.37. The molecule has 0 atom stereocenters. The van der Waals surface area contributed by atoms with Crippen molar-refractivity contribution in [3.8, 4) is 0 Å². The highest BCUT2D eigenvalue weighted by atomic mass is 32.1. The zero-order chi connectivity index (χ0) is 15.9. The van der Waals surface area contributed by atoms with Gasteiger partial charge in [-0.05, 0) is 42.5 Å². The number of amides is 1. The van der Waals surface area contributed by atoms with E-state index < -0.39 is 0 Å². The number of rotatable bonds is 4. The van der Waals surface area contributed by atoms with Crippen molar-refractivity contribution in [1.82, 2.24) is 10.3 Å². The molecule has 0 unspecified atom stereocenters. The molecule has 2 rings (SSSR count). The molecule has 0 fully saturated rings. The van der Waals surface area contributed by atoms with Crippen molar-refractivity contribution in [3.63, 3.8) is 0 Å². The summed E-state index contributed by atoms with van der Waals surface area (Å²) >= 11 is 5.14. The zero-order valence-electron chi connectivity index (χ0n) is 11.9. The van der Waals surface area contributed by atoms with Crippen molar-refractivity contribution < 1.29 is 9.18 Å². The first-order valence-corrected chi connectivity index (χ1v) is 6.97. The number of hydrogen-bond donors (Lipinski definition) is 3. The Morgan fingerprint density at radius 1 is 1.23 bits per heavy atom. The third kappa shape index (κ3) is 5.10. The molecular formula is C15H15FN4OS. The Hall–Kier alpha value is -2.54. The predicted octanol–water partition coefficient (Wildman–Crippen LogP) is 2.67. The molecule has 22 heavy (non-hydrogen) atoms. The van der Waals surface area contributed by atoms with Crippen LogP contribution in [0.4, 0.5) is 15.8 Å². The molecule has 5 nitrogen and oxygen atoms in total. The van der Waals surface area contributed by atoms with E-state index in [-0.39, 0.29) is 11.7 Å². The van der Waals surface area contributed by atoms with Crippen LogP contribution in [-0.4, -0.2) is 16.0 Å². The first kappa shape index (κ1) is 15.8. The molecule has 1 amide bonds. The molecule has 0 saturated heterocycles. The number of aromatic nitrogens is 1. The minimum absolute atomic E-state index is 0.145. The Balaban J connectivity index is 1.89. The van der Waals surface area contributed by atoms with E-state index in [1.807, 2.05) is 0 Å². The average molecular weight is 318 g/mol. The van der Waals surface area contributed by atoms with Gasteiger partial charge in [-0.2, -0.15) is 0 Å². The van der Waals surface area contributed by atoms with Gasteiger partial charge in [-0.25, -0.2) is 4.39 Å². The van der Waals surface area contributed by atoms with Crippen LogP contribution >= 0.6 is 12.2 Å². The smallest absolute Gasteiger partial charge is 0.221 e. The lowest BCUT2D eigenvalue weighted by atomic mass is 10.3. The SMILES string of the molecule is CC(=O)Nc1ccnc(CNC(=S)Nc2cccc(F)c2)c1. The van der Waals surface area contributed by atoms with Crippen LogP contribution in [0.15, 0.2) is 42.6 Å². The summed E-state index contributed by atoms with van der Waals surface area (Å²) in [5, 5.41) is 8.89. The summed E-state index contributed by atoms with van der Waals surface area (Å²) in [5.41, 5.74) is 1.95. The van der Waals surface area contributed by atoms with Crippen LogP contribution in [0.25, 0.3) is 0 Å². The standard InChI is InChI=1S/C15H15FN4OS/c1-10(21)19-13-5-6-17-14(8-13)9-18-15(22)20-12-4-2-3-11(16)7-12/h2-8H,9H2,1H3,(H,17,19,21)(H2,18,20,22). The first-order chi connectivity index (χ1) is 10.5. The van der Waals surface area contributed by atoms with Gasteiger partial charge in [0.2, 0.25) is 5.91 Å². The van der Waals surface area contributed by atoms with E-state index in [1.54, 1.807) is 30.5 Å². The fourth-order valence-corrected chi connectivity index (χ4v) is 1.96. The quantitative estimate of drug-likeness (QED) is 0.756. The minimum atomic E-state index is -0.336. The van der Waals surface area contributed by atoms with Gasteiger partial charge in [-0.1, -0.05) is 6.07 Å². The maximum atomic E-state index is 13.1. The number of benzene rings is 1. The molecule has 0 saturated carbocycles. The second-order valence-electron chi connectivity index (χ2n) is 4.54. The fraction of sp³-hybridized carbons (Fsp3) is 0.133. The van der Waals surface area contributed by atoms with Gasteiger partial charge in [-0.3, -0.25) is 9.78 Å². The summed E-state index contributed by atoms with van der Waals surface area (Å²) in [5.74, 6) is -0.481. The molecule has 0 aliphatic carbocycles. The second kappa shape index (κ2) is 7.46. The third-order valence-electron chi connectivity index (χ3n) is 2.65. The van der Waals surface area contributed by atoms with Gasteiger partial charge in [0, 0.05) is 24.5 Å². The Morgan fingerprint density at radius 3 is 2.73 bits per heavy atom. The number of nitrogens with zero attached hydrogens (tertiary/aromatic N) is 1. The summed E-state index contributed by atoms with van der Waals surface area (Å²) < 4.78 is 13.1. The molecule has 114 valence electrons. The number of pyridine rings is 1. The number of carbonyl (C=O) groups is 1. The van der Waals surface area contributed by atoms with E-state index in [9.17, 15) is 9.18 Å². The molecular weight excluding hydrogens is 303 g/mol. The van der Waals surface area contributed by atoms with Gasteiger partial charge >= 0.3 is 0 Å². The maximum Gasteiger partial charge on any atom is 0.221 e. The van der Waals surface area contributed by atoms with Crippen LogP contribution in [0.1, 0.15) is 12.6 Å². The first-order valence-electron chi connectivity index (χ1n) is 6.56. The minimum Gasteiger partial charge on any atom is -0.357 e. The van der Waals surface area contributed by atoms with Gasteiger partial charge in [-0.15, -0.1) is 0 Å². The lowest BCUT2D eigenvalue weighted by molar-refractivity contribution is -0.114. The summed E-state index contributed by atoms with van der Waals surface area (Å²) in [6.07, 6.45) is 1.60. The van der Waals surface area contributed by atoms with Crippen LogP contribution < -0.4 is 16.0 Å². The number of halogens is 1. The van der Waals surface area contributed by atoms with E-state index in [0.29, 0.717) is 23.0 Å². The highest BCUT2D eigenvalue weighted by Crippen LogP contribution is 2.10. The van der Waals surface area contributed by atoms with E-state index in [1.165, 1.54) is 19.1 Å². The predicted molar refractivity (Wildman–Crippen MR) is 88.0 cm³/mol.